The van der Waals surface area contributed by atoms with E-state index in [-0.39, 0.29) is 22.9 Å². The van der Waals surface area contributed by atoms with Crippen molar-refractivity contribution in [2.75, 3.05) is 25.2 Å². The molecular formula is C16H22N2O7S. The Kier molecular flexibility index (Phi) is 6.06. The topological polar surface area (TPSA) is 116 Å². The lowest BCUT2D eigenvalue weighted by molar-refractivity contribution is -0.386. The lowest BCUT2D eigenvalue weighted by Gasteiger charge is -2.29. The molecule has 10 heteroatoms. The lowest BCUT2D eigenvalue weighted by atomic mass is 10.2. The first-order valence-corrected chi connectivity index (χ1v) is 10.0. The Balaban J connectivity index is 2.17. The van der Waals surface area contributed by atoms with E-state index in [0.29, 0.717) is 18.7 Å². The summed E-state index contributed by atoms with van der Waals surface area (Å²) in [7, 11) is -1.74. The largest absolute Gasteiger partial charge is 0.496 e. The predicted molar refractivity (Wildman–Crippen MR) is 94.2 cm³/mol. The van der Waals surface area contributed by atoms with E-state index < -0.39 is 32.8 Å². The molecular weight excluding hydrogens is 364 g/mol. The number of methoxy groups -OCH3 is 1. The Labute approximate surface area is 152 Å². The van der Waals surface area contributed by atoms with E-state index >= 15 is 0 Å². The zero-order valence-corrected chi connectivity index (χ0v) is 15.7. The summed E-state index contributed by atoms with van der Waals surface area (Å²) >= 11 is 0. The van der Waals surface area contributed by atoms with Crippen LogP contribution in [0.15, 0.2) is 18.2 Å². The molecule has 2 unspecified atom stereocenters. The van der Waals surface area contributed by atoms with E-state index in [1.807, 2.05) is 0 Å². The third-order valence-electron chi connectivity index (χ3n) is 4.29. The minimum Gasteiger partial charge on any atom is -0.496 e. The van der Waals surface area contributed by atoms with Crippen molar-refractivity contribution in [2.45, 2.75) is 32.4 Å². The summed E-state index contributed by atoms with van der Waals surface area (Å²) in [5.41, 5.74) is -0.310. The summed E-state index contributed by atoms with van der Waals surface area (Å²) in [6, 6.07) is 3.69. The highest BCUT2D eigenvalue weighted by atomic mass is 32.2. The number of hydrogen-bond donors (Lipinski definition) is 0. The van der Waals surface area contributed by atoms with Crippen molar-refractivity contribution in [3.8, 4) is 11.5 Å². The molecule has 0 saturated carbocycles. The predicted octanol–water partition coefficient (Wildman–Crippen LogP) is 1.41. The summed E-state index contributed by atoms with van der Waals surface area (Å²) in [6.45, 7) is 3.57. The van der Waals surface area contributed by atoms with E-state index in [1.165, 1.54) is 37.1 Å². The van der Waals surface area contributed by atoms with Crippen molar-refractivity contribution < 1.29 is 27.6 Å². The Morgan fingerprint density at radius 3 is 2.65 bits per heavy atom. The highest BCUT2D eigenvalue weighted by molar-refractivity contribution is 7.91. The van der Waals surface area contributed by atoms with E-state index in [9.17, 15) is 23.3 Å². The molecule has 0 radical (unpaired) electrons. The summed E-state index contributed by atoms with van der Waals surface area (Å²) in [6.07, 6.45) is -0.609. The first-order valence-electron chi connectivity index (χ1n) is 8.18. The molecule has 1 saturated heterocycles. The van der Waals surface area contributed by atoms with Gasteiger partial charge in [0.2, 0.25) is 0 Å². The molecule has 2 rings (SSSR count). The first kappa shape index (κ1) is 20.0. The Morgan fingerprint density at radius 1 is 1.46 bits per heavy atom. The Hall–Kier alpha value is -2.36. The number of amides is 1. The van der Waals surface area contributed by atoms with E-state index in [2.05, 4.69) is 0 Å². The van der Waals surface area contributed by atoms with Crippen LogP contribution in [0.3, 0.4) is 0 Å². The number of carbonyl (C=O) groups is 1. The van der Waals surface area contributed by atoms with Crippen LogP contribution < -0.4 is 9.47 Å². The number of nitrogens with zero attached hydrogens (tertiary/aromatic N) is 2. The number of likely N-dealkylation sites (N-methyl/N-ethyl adjacent to an activating group) is 1. The zero-order valence-electron chi connectivity index (χ0n) is 14.9. The molecule has 1 fully saturated rings. The Bertz CT molecular complexity index is 794. The van der Waals surface area contributed by atoms with E-state index in [0.717, 1.165) is 0 Å². The number of ether oxygens (including phenoxy) is 2. The van der Waals surface area contributed by atoms with Crippen LogP contribution in [0.4, 0.5) is 5.69 Å². The summed E-state index contributed by atoms with van der Waals surface area (Å²) in [5.74, 6) is -0.163. The van der Waals surface area contributed by atoms with Gasteiger partial charge < -0.3 is 14.4 Å². The van der Waals surface area contributed by atoms with Crippen molar-refractivity contribution in [2.24, 2.45) is 0 Å². The summed E-state index contributed by atoms with van der Waals surface area (Å²) in [5, 5.41) is 11.2. The molecule has 9 nitrogen and oxygen atoms in total. The highest BCUT2D eigenvalue weighted by Crippen LogP contribution is 2.32. The second-order valence-electron chi connectivity index (χ2n) is 6.03. The maximum atomic E-state index is 12.7. The number of hydrogen-bond acceptors (Lipinski definition) is 7. The van der Waals surface area contributed by atoms with Crippen LogP contribution in [0.5, 0.6) is 11.5 Å². The molecule has 1 amide bonds. The second kappa shape index (κ2) is 7.90. The number of rotatable bonds is 7. The van der Waals surface area contributed by atoms with Gasteiger partial charge in [-0.05, 0) is 32.4 Å². The van der Waals surface area contributed by atoms with Crippen molar-refractivity contribution in [3.63, 3.8) is 0 Å². The molecule has 0 bridgehead atoms. The van der Waals surface area contributed by atoms with Crippen LogP contribution in [0.25, 0.3) is 0 Å². The minimum atomic E-state index is -3.13. The van der Waals surface area contributed by atoms with Gasteiger partial charge in [0.25, 0.3) is 5.91 Å². The molecule has 26 heavy (non-hydrogen) atoms. The SMILES string of the molecule is CCN(C(=O)C(C)Oc1ccc(OC)cc1[N+](=O)[O-])C1CCS(=O)(=O)C1. The van der Waals surface area contributed by atoms with Crippen molar-refractivity contribution >= 4 is 21.4 Å². The monoisotopic (exact) mass is 386 g/mol. The highest BCUT2D eigenvalue weighted by Gasteiger charge is 2.36. The maximum absolute atomic E-state index is 12.7. The average molecular weight is 386 g/mol. The van der Waals surface area contributed by atoms with Crippen LogP contribution >= 0.6 is 0 Å². The third kappa shape index (κ3) is 4.43. The second-order valence-corrected chi connectivity index (χ2v) is 8.26. The van der Waals surface area contributed by atoms with Crippen LogP contribution in [0, 0.1) is 10.1 Å². The van der Waals surface area contributed by atoms with Crippen molar-refractivity contribution in [1.82, 2.24) is 4.90 Å². The van der Waals surface area contributed by atoms with Gasteiger partial charge in [0.1, 0.15) is 5.75 Å². The average Bonchev–Trinajstić information content (AvgIpc) is 2.95. The van der Waals surface area contributed by atoms with Gasteiger partial charge in [-0.2, -0.15) is 0 Å². The standard InChI is InChI=1S/C16H22N2O7S/c1-4-17(12-7-8-26(22,23)10-12)16(19)11(2)25-15-6-5-13(24-3)9-14(15)18(20)21/h5-6,9,11-12H,4,7-8,10H2,1-3H3. The van der Waals surface area contributed by atoms with Gasteiger partial charge in [0.05, 0.1) is 29.6 Å². The van der Waals surface area contributed by atoms with Gasteiger partial charge in [-0.15, -0.1) is 0 Å². The fourth-order valence-electron chi connectivity index (χ4n) is 2.96. The van der Waals surface area contributed by atoms with Gasteiger partial charge >= 0.3 is 5.69 Å². The fourth-order valence-corrected chi connectivity index (χ4v) is 4.69. The van der Waals surface area contributed by atoms with Crippen molar-refractivity contribution in [3.05, 3.63) is 28.3 Å². The smallest absolute Gasteiger partial charge is 0.314 e. The fraction of sp³-hybridized carbons (Fsp3) is 0.562. The molecule has 2 atom stereocenters. The molecule has 1 aliphatic heterocycles. The molecule has 1 heterocycles. The summed E-state index contributed by atoms with van der Waals surface area (Å²) < 4.78 is 33.8. The van der Waals surface area contributed by atoms with E-state index in [1.54, 1.807) is 6.92 Å². The third-order valence-corrected chi connectivity index (χ3v) is 6.04. The molecule has 144 valence electrons. The van der Waals surface area contributed by atoms with Crippen LogP contribution in [-0.2, 0) is 14.6 Å². The normalized spacial score (nSPS) is 19.6. The van der Waals surface area contributed by atoms with Gasteiger partial charge in [-0.3, -0.25) is 14.9 Å². The molecule has 1 aromatic rings. The van der Waals surface area contributed by atoms with Crippen molar-refractivity contribution in [1.29, 1.82) is 0 Å². The number of benzene rings is 1. The summed E-state index contributed by atoms with van der Waals surface area (Å²) in [4.78, 5) is 24.8. The van der Waals surface area contributed by atoms with E-state index in [4.69, 9.17) is 9.47 Å². The molecule has 0 N–H and O–H groups in total. The lowest BCUT2D eigenvalue weighted by Crippen LogP contribution is -2.46. The quantitative estimate of drug-likeness (QED) is 0.514. The molecule has 0 aliphatic carbocycles. The molecule has 0 aromatic heterocycles. The number of sulfone groups is 1. The zero-order chi connectivity index (χ0) is 19.5. The molecule has 0 spiro atoms. The van der Waals surface area contributed by atoms with Crippen LogP contribution in [0.1, 0.15) is 20.3 Å². The van der Waals surface area contributed by atoms with Gasteiger partial charge in [-0.25, -0.2) is 8.42 Å². The van der Waals surface area contributed by atoms with Crippen LogP contribution in [-0.4, -0.2) is 61.5 Å². The Morgan fingerprint density at radius 2 is 2.15 bits per heavy atom. The van der Waals surface area contributed by atoms with Crippen LogP contribution in [0.2, 0.25) is 0 Å². The maximum Gasteiger partial charge on any atom is 0.314 e. The first-order chi connectivity index (χ1) is 12.2. The number of nitro benzene ring substituents is 1. The number of nitro groups is 1. The molecule has 1 aromatic carbocycles. The number of carbonyl (C=O) groups excluding carboxylic acids is 1. The van der Waals surface area contributed by atoms with Gasteiger partial charge in [0.15, 0.2) is 21.7 Å². The minimum absolute atomic E-state index is 0.0493. The van der Waals surface area contributed by atoms with Gasteiger partial charge in [0, 0.05) is 12.6 Å². The van der Waals surface area contributed by atoms with Gasteiger partial charge in [-0.1, -0.05) is 0 Å². The molecule has 1 aliphatic rings.